The minimum atomic E-state index is -0.254. The lowest BCUT2D eigenvalue weighted by molar-refractivity contribution is 0.0576. The molecule has 0 aromatic heterocycles. The maximum absolute atomic E-state index is 13.4. The fourth-order valence-electron chi connectivity index (χ4n) is 1.98. The van der Waals surface area contributed by atoms with Gasteiger partial charge in [-0.05, 0) is 31.0 Å². The summed E-state index contributed by atoms with van der Waals surface area (Å²) in [6.45, 7) is 0.812. The van der Waals surface area contributed by atoms with Crippen molar-refractivity contribution in [2.24, 2.45) is 5.41 Å². The predicted molar refractivity (Wildman–Crippen MR) is 66.0 cm³/mol. The summed E-state index contributed by atoms with van der Waals surface area (Å²) >= 11 is 3.31. The molecule has 0 atom stereocenters. The van der Waals surface area contributed by atoms with E-state index in [4.69, 9.17) is 0 Å². The van der Waals surface area contributed by atoms with Gasteiger partial charge >= 0.3 is 0 Å². The standard InChI is InChI=1S/C12H15BrFNO/c13-9-2-3-10(14)11(6-9)15-7-12(8-16)4-1-5-12/h2-3,6,15-16H,1,4-5,7-8H2. The monoisotopic (exact) mass is 287 g/mol. The highest BCUT2D eigenvalue weighted by atomic mass is 79.9. The van der Waals surface area contributed by atoms with Crippen LogP contribution in [0.5, 0.6) is 0 Å². The smallest absolute Gasteiger partial charge is 0.146 e. The van der Waals surface area contributed by atoms with E-state index >= 15 is 0 Å². The van der Waals surface area contributed by atoms with Crippen molar-refractivity contribution in [2.45, 2.75) is 19.3 Å². The second kappa shape index (κ2) is 4.72. The molecule has 1 aromatic rings. The normalized spacial score (nSPS) is 17.9. The fourth-order valence-corrected chi connectivity index (χ4v) is 2.34. The molecule has 0 saturated heterocycles. The Morgan fingerprint density at radius 2 is 2.19 bits per heavy atom. The first-order valence-electron chi connectivity index (χ1n) is 5.45. The van der Waals surface area contributed by atoms with Crippen LogP contribution in [-0.2, 0) is 0 Å². The summed E-state index contributed by atoms with van der Waals surface area (Å²) in [5, 5.41) is 12.4. The second-order valence-corrected chi connectivity index (χ2v) is 5.41. The number of aliphatic hydroxyl groups excluding tert-OH is 1. The molecule has 0 spiro atoms. The van der Waals surface area contributed by atoms with Gasteiger partial charge in [-0.1, -0.05) is 22.4 Å². The zero-order chi connectivity index (χ0) is 11.6. The number of nitrogens with one attached hydrogen (secondary N) is 1. The highest BCUT2D eigenvalue weighted by Crippen LogP contribution is 2.40. The van der Waals surface area contributed by atoms with Crippen LogP contribution in [0.1, 0.15) is 19.3 Å². The number of anilines is 1. The first-order chi connectivity index (χ1) is 7.65. The van der Waals surface area contributed by atoms with Crippen LogP contribution in [0.4, 0.5) is 10.1 Å². The van der Waals surface area contributed by atoms with E-state index in [2.05, 4.69) is 21.2 Å². The highest BCUT2D eigenvalue weighted by Gasteiger charge is 2.36. The summed E-state index contributed by atoms with van der Waals surface area (Å²) in [5.41, 5.74) is 0.462. The van der Waals surface area contributed by atoms with Gasteiger partial charge in [-0.3, -0.25) is 0 Å². The van der Waals surface area contributed by atoms with Crippen LogP contribution in [0.25, 0.3) is 0 Å². The van der Waals surface area contributed by atoms with E-state index in [1.165, 1.54) is 6.07 Å². The van der Waals surface area contributed by atoms with Gasteiger partial charge in [0.15, 0.2) is 0 Å². The molecule has 16 heavy (non-hydrogen) atoms. The van der Waals surface area contributed by atoms with Gasteiger partial charge in [0.25, 0.3) is 0 Å². The zero-order valence-electron chi connectivity index (χ0n) is 8.97. The molecule has 4 heteroatoms. The first-order valence-corrected chi connectivity index (χ1v) is 6.24. The van der Waals surface area contributed by atoms with Gasteiger partial charge in [-0.2, -0.15) is 0 Å². The molecule has 1 aliphatic carbocycles. The van der Waals surface area contributed by atoms with E-state index in [0.29, 0.717) is 12.2 Å². The van der Waals surface area contributed by atoms with Crippen LogP contribution in [0.3, 0.4) is 0 Å². The van der Waals surface area contributed by atoms with Crippen LogP contribution in [0, 0.1) is 11.2 Å². The average molecular weight is 288 g/mol. The molecule has 0 bridgehead atoms. The van der Waals surface area contributed by atoms with Gasteiger partial charge < -0.3 is 10.4 Å². The third kappa shape index (κ3) is 2.38. The lowest BCUT2D eigenvalue weighted by Crippen LogP contribution is -2.39. The molecule has 1 aromatic carbocycles. The van der Waals surface area contributed by atoms with Gasteiger partial charge in [-0.15, -0.1) is 0 Å². The largest absolute Gasteiger partial charge is 0.396 e. The van der Waals surface area contributed by atoms with Gasteiger partial charge in [0, 0.05) is 16.4 Å². The quantitative estimate of drug-likeness (QED) is 0.892. The Morgan fingerprint density at radius 3 is 2.75 bits per heavy atom. The second-order valence-electron chi connectivity index (χ2n) is 4.49. The van der Waals surface area contributed by atoms with Crippen LogP contribution in [-0.4, -0.2) is 18.3 Å². The number of halogens is 2. The highest BCUT2D eigenvalue weighted by molar-refractivity contribution is 9.10. The van der Waals surface area contributed by atoms with Gasteiger partial charge in [0.1, 0.15) is 5.82 Å². The number of hydrogen-bond donors (Lipinski definition) is 2. The summed E-state index contributed by atoms with van der Waals surface area (Å²) in [7, 11) is 0. The van der Waals surface area contributed by atoms with Crippen molar-refractivity contribution in [3.8, 4) is 0 Å². The minimum absolute atomic E-state index is 0.0330. The summed E-state index contributed by atoms with van der Waals surface area (Å²) in [6, 6.07) is 4.82. The van der Waals surface area contributed by atoms with E-state index in [1.54, 1.807) is 12.1 Å². The van der Waals surface area contributed by atoms with E-state index < -0.39 is 0 Å². The maximum Gasteiger partial charge on any atom is 0.146 e. The van der Waals surface area contributed by atoms with Gasteiger partial charge in [0.05, 0.1) is 12.3 Å². The van der Waals surface area contributed by atoms with E-state index in [-0.39, 0.29) is 17.8 Å². The van der Waals surface area contributed by atoms with Crippen molar-refractivity contribution in [1.82, 2.24) is 0 Å². The van der Waals surface area contributed by atoms with Gasteiger partial charge in [-0.25, -0.2) is 4.39 Å². The van der Waals surface area contributed by atoms with Crippen LogP contribution < -0.4 is 5.32 Å². The van der Waals surface area contributed by atoms with Crippen LogP contribution >= 0.6 is 15.9 Å². The van der Waals surface area contributed by atoms with Crippen molar-refractivity contribution >= 4 is 21.6 Å². The van der Waals surface area contributed by atoms with Crippen LogP contribution in [0.15, 0.2) is 22.7 Å². The summed E-state index contributed by atoms with van der Waals surface area (Å²) in [6.07, 6.45) is 3.20. The average Bonchev–Trinajstić information content (AvgIpc) is 2.22. The van der Waals surface area contributed by atoms with E-state index in [1.807, 2.05) is 0 Å². The molecule has 1 aliphatic rings. The number of rotatable bonds is 4. The summed E-state index contributed by atoms with van der Waals surface area (Å²) < 4.78 is 14.3. The molecular weight excluding hydrogens is 273 g/mol. The van der Waals surface area contributed by atoms with E-state index in [9.17, 15) is 9.50 Å². The third-order valence-electron chi connectivity index (χ3n) is 3.33. The maximum atomic E-state index is 13.4. The van der Waals surface area contributed by atoms with Crippen molar-refractivity contribution in [3.63, 3.8) is 0 Å². The Labute approximate surface area is 103 Å². The lowest BCUT2D eigenvalue weighted by atomic mass is 9.69. The molecular formula is C12H15BrFNO. The molecule has 0 unspecified atom stereocenters. The topological polar surface area (TPSA) is 32.3 Å². The Kier molecular flexibility index (Phi) is 3.50. The minimum Gasteiger partial charge on any atom is -0.396 e. The van der Waals surface area contributed by atoms with Crippen molar-refractivity contribution in [1.29, 1.82) is 0 Å². The van der Waals surface area contributed by atoms with E-state index in [0.717, 1.165) is 23.7 Å². The molecule has 1 fully saturated rings. The Balaban J connectivity index is 2.01. The summed E-state index contributed by atoms with van der Waals surface area (Å²) in [5.74, 6) is -0.254. The SMILES string of the molecule is OCC1(CNc2cc(Br)ccc2F)CCC1. The Bertz CT molecular complexity index is 374. The Hall–Kier alpha value is -0.610. The van der Waals surface area contributed by atoms with Gasteiger partial charge in [0.2, 0.25) is 0 Å². The van der Waals surface area contributed by atoms with Crippen LogP contribution in [0.2, 0.25) is 0 Å². The molecule has 2 N–H and O–H groups in total. The number of aliphatic hydroxyl groups is 1. The molecule has 2 rings (SSSR count). The number of hydrogen-bond acceptors (Lipinski definition) is 2. The third-order valence-corrected chi connectivity index (χ3v) is 3.83. The first kappa shape index (κ1) is 11.9. The molecule has 88 valence electrons. The molecule has 0 heterocycles. The molecule has 0 aliphatic heterocycles. The summed E-state index contributed by atoms with van der Waals surface area (Å²) in [4.78, 5) is 0. The van der Waals surface area contributed by atoms with Crippen molar-refractivity contribution in [3.05, 3.63) is 28.5 Å². The van der Waals surface area contributed by atoms with Crippen molar-refractivity contribution in [2.75, 3.05) is 18.5 Å². The molecule has 1 saturated carbocycles. The predicted octanol–water partition coefficient (Wildman–Crippen LogP) is 3.16. The zero-order valence-corrected chi connectivity index (χ0v) is 10.6. The fraction of sp³-hybridized carbons (Fsp3) is 0.500. The molecule has 2 nitrogen and oxygen atoms in total. The molecule has 0 amide bonds. The Morgan fingerprint density at radius 1 is 1.44 bits per heavy atom. The molecule has 0 radical (unpaired) electrons. The van der Waals surface area contributed by atoms with Crippen molar-refractivity contribution < 1.29 is 9.50 Å². The lowest BCUT2D eigenvalue weighted by Gasteiger charge is -2.40. The number of benzene rings is 1.